The lowest BCUT2D eigenvalue weighted by Crippen LogP contribution is -2.50. The van der Waals surface area contributed by atoms with Gasteiger partial charge in [-0.1, -0.05) is 0 Å². The number of nitrogens with one attached hydrogen (secondary N) is 8. The molecule has 10 N–H and O–H groups in total. The van der Waals surface area contributed by atoms with Crippen LogP contribution in [-0.2, 0) is 9.47 Å². The van der Waals surface area contributed by atoms with Gasteiger partial charge in [0.25, 0.3) is 0 Å². The van der Waals surface area contributed by atoms with E-state index in [1.807, 2.05) is 162 Å². The number of anilines is 12. The van der Waals surface area contributed by atoms with Crippen LogP contribution in [0.4, 0.5) is 88.6 Å². The van der Waals surface area contributed by atoms with Crippen molar-refractivity contribution >= 4 is 127 Å². The molecule has 3 aliphatic rings. The molecule has 3 fully saturated rings. The van der Waals surface area contributed by atoms with Crippen LogP contribution in [0.3, 0.4) is 0 Å². The molecule has 0 radical (unpaired) electrons. The van der Waals surface area contributed by atoms with Gasteiger partial charge in [-0.05, 0) is 192 Å². The maximum Gasteiger partial charge on any atom is 0.410 e. The summed E-state index contributed by atoms with van der Waals surface area (Å²) in [6.45, 7) is 32.3. The number of nitrogens with two attached hydrogens (primary N) is 1. The fourth-order valence-electron chi connectivity index (χ4n) is 10.6. The molecule has 0 bridgehead atoms. The quantitative estimate of drug-likeness (QED) is 0.0581. The minimum absolute atomic E-state index is 0. The van der Waals surface area contributed by atoms with E-state index in [-0.39, 0.29) is 36.8 Å². The fraction of sp³-hybridized carbons (Fsp3) is 0.394. The number of benzene rings is 3. The molecule has 0 spiro atoms. The van der Waals surface area contributed by atoms with Gasteiger partial charge in [0.05, 0.1) is 0 Å². The number of pyridine rings is 3. The van der Waals surface area contributed by atoms with Crippen molar-refractivity contribution in [1.82, 2.24) is 70.6 Å². The summed E-state index contributed by atoms with van der Waals surface area (Å²) in [7, 11) is 0. The van der Waals surface area contributed by atoms with Crippen LogP contribution in [0.15, 0.2) is 128 Å². The van der Waals surface area contributed by atoms with Gasteiger partial charge in [-0.2, -0.15) is 15.0 Å². The number of ether oxygens (including phenoxy) is 2. The molecule has 100 heavy (non-hydrogen) atoms. The van der Waals surface area contributed by atoms with E-state index in [1.165, 1.54) is 5.69 Å². The number of piperazine rings is 3. The molecule has 0 unspecified atom stereocenters. The first-order valence-electron chi connectivity index (χ1n) is 33.3. The normalized spacial score (nSPS) is 14.4. The Hall–Kier alpha value is -11.2. The molecule has 0 saturated carbocycles. The Labute approximate surface area is 583 Å². The zero-order valence-electron chi connectivity index (χ0n) is 58.9. The van der Waals surface area contributed by atoms with E-state index in [9.17, 15) is 19.2 Å². The molecular formula is C71H93N23O6. The highest BCUT2D eigenvalue weighted by molar-refractivity contribution is 5.91. The van der Waals surface area contributed by atoms with Crippen molar-refractivity contribution < 1.29 is 30.1 Å². The number of aromatic nitrogens is 9. The predicted octanol–water partition coefficient (Wildman–Crippen LogP) is 11.5. The van der Waals surface area contributed by atoms with Gasteiger partial charge in [0.15, 0.2) is 16.9 Å². The van der Waals surface area contributed by atoms with Crippen LogP contribution in [0.5, 0.6) is 0 Å². The second-order valence-electron chi connectivity index (χ2n) is 28.3. The summed E-state index contributed by atoms with van der Waals surface area (Å²) in [5, 5.41) is 26.6. The van der Waals surface area contributed by atoms with Crippen LogP contribution in [0, 0.1) is 0 Å². The lowest BCUT2D eigenvalue weighted by molar-refractivity contribution is 0.0230. The maximum absolute atomic E-state index is 12.3. The highest BCUT2D eigenvalue weighted by atomic mass is 16.6. The summed E-state index contributed by atoms with van der Waals surface area (Å²) in [5.74, 6) is 2.57. The van der Waals surface area contributed by atoms with Crippen molar-refractivity contribution in [2.75, 3.05) is 126 Å². The average Bonchev–Trinajstić information content (AvgIpc) is 0.845. The third-order valence-electron chi connectivity index (χ3n) is 15.3. The average molecular weight is 1360 g/mol. The molecule has 3 aromatic carbocycles. The highest BCUT2D eigenvalue weighted by Crippen LogP contribution is 2.27. The summed E-state index contributed by atoms with van der Waals surface area (Å²) in [4.78, 5) is 98.8. The SMILES string of the molecule is CC(C)(C)NC(=O)Nc1ccc2cnc(Nc3ccc(N4CCN(C(=O)OC(C)(C)C)CC4)cc3)nc2n1.CC(C)(C)NC(=O)Nc1ccc2cnc(Nc3ccc(N4CCNCC4)cc3)nc2n1.CC(C)(C)OC(=O)N1CCN(c2ccc(Nc3ncc4ccc(N)nc4n3)cc2)CC1.[HH]. The molecule has 29 nitrogen and oxygen atoms in total. The minimum atomic E-state index is -0.496. The van der Waals surface area contributed by atoms with Gasteiger partial charge >= 0.3 is 24.2 Å². The molecule has 528 valence electrons. The highest BCUT2D eigenvalue weighted by Gasteiger charge is 2.28. The van der Waals surface area contributed by atoms with E-state index >= 15 is 0 Å². The van der Waals surface area contributed by atoms with E-state index in [1.54, 1.807) is 46.6 Å². The summed E-state index contributed by atoms with van der Waals surface area (Å²) in [6, 6.07) is 34.3. The number of hydrogen-bond donors (Lipinski definition) is 9. The molecule has 6 aromatic heterocycles. The number of nitrogen functional groups attached to an aromatic ring is 1. The Morgan fingerprint density at radius 1 is 0.410 bits per heavy atom. The van der Waals surface area contributed by atoms with Crippen molar-refractivity contribution in [2.45, 2.75) is 105 Å². The molecular weight excluding hydrogens is 1270 g/mol. The van der Waals surface area contributed by atoms with Crippen LogP contribution in [0.2, 0.25) is 0 Å². The van der Waals surface area contributed by atoms with Gasteiger partial charge in [-0.25, -0.2) is 49.1 Å². The summed E-state index contributed by atoms with van der Waals surface area (Å²) in [6.07, 6.45) is 4.60. The first-order valence-corrected chi connectivity index (χ1v) is 33.3. The van der Waals surface area contributed by atoms with Gasteiger partial charge < -0.3 is 71.6 Å². The molecule has 0 atom stereocenters. The van der Waals surface area contributed by atoms with Crippen LogP contribution in [0.25, 0.3) is 33.1 Å². The third-order valence-corrected chi connectivity index (χ3v) is 15.3. The number of carbonyl (C=O) groups excluding carboxylic acids is 4. The van der Waals surface area contributed by atoms with E-state index in [4.69, 9.17) is 15.2 Å². The van der Waals surface area contributed by atoms with E-state index < -0.39 is 11.2 Å². The van der Waals surface area contributed by atoms with E-state index in [2.05, 4.69) is 114 Å². The van der Waals surface area contributed by atoms with Gasteiger partial charge in [-0.15, -0.1) is 0 Å². The molecule has 9 aromatic rings. The van der Waals surface area contributed by atoms with Crippen LogP contribution < -0.4 is 63.0 Å². The fourth-order valence-corrected chi connectivity index (χ4v) is 10.6. The summed E-state index contributed by atoms with van der Waals surface area (Å²) < 4.78 is 10.9. The molecule has 3 saturated heterocycles. The lowest BCUT2D eigenvalue weighted by Gasteiger charge is -2.36. The van der Waals surface area contributed by atoms with Crippen LogP contribution in [0.1, 0.15) is 84.5 Å². The topological polar surface area (TPSA) is 341 Å². The number of urea groups is 2. The van der Waals surface area contributed by atoms with Crippen molar-refractivity contribution in [1.29, 1.82) is 0 Å². The molecule has 3 aliphatic heterocycles. The van der Waals surface area contributed by atoms with E-state index in [0.29, 0.717) is 78.4 Å². The van der Waals surface area contributed by atoms with Gasteiger partial charge in [-0.3, -0.25) is 10.6 Å². The zero-order chi connectivity index (χ0) is 71.4. The standard InChI is InChI=1S/C27H36N8O3.C22H28N8O.C22H27N7O2.H2/c1-26(2,3)33-24(36)31-21-12-7-18-17-28-23(32-22(18)30-21)29-19-8-10-20(11-9-19)34-13-15-35(16-14-34)25(37)38-27(4,5)6;1-22(2,3)29-21(31)27-18-9-4-15-14-24-20(28-19(15)26-18)25-16-5-7-17(8-6-16)30-12-10-23-11-13-30;1-22(2,3)31-21(30)29-12-10-28(11-13-29)17-7-5-16(6-8-17)25-20-24-14-15-4-9-18(23)26-19(15)27-20;/h7-12,17H,13-16H2,1-6H3,(H3,28,29,30,31,32,33,36);4-9,14,23H,10-13H2,1-3H3,(H3,24,25,26,27,28,29,31);4-9,14H,10-13H2,1-3H3,(H3,23,24,25,26,27);1H. The van der Waals surface area contributed by atoms with Crippen LogP contribution in [-0.4, -0.2) is 180 Å². The number of hydrogen-bond acceptors (Lipinski definition) is 23. The number of carbonyl (C=O) groups is 4. The number of fused-ring (bicyclic) bond motifs is 3. The Balaban J connectivity index is 0.000000177. The Bertz CT molecular complexity index is 4300. The van der Waals surface area contributed by atoms with Gasteiger partial charge in [0.2, 0.25) is 17.8 Å². The smallest absolute Gasteiger partial charge is 0.410 e. The third kappa shape index (κ3) is 21.4. The summed E-state index contributed by atoms with van der Waals surface area (Å²) in [5.41, 5.74) is 11.6. The van der Waals surface area contributed by atoms with Gasteiger partial charge in [0.1, 0.15) is 28.7 Å². The minimum Gasteiger partial charge on any atom is -0.444 e. The first kappa shape index (κ1) is 71.5. The zero-order valence-corrected chi connectivity index (χ0v) is 58.9. The van der Waals surface area contributed by atoms with Crippen molar-refractivity contribution in [3.05, 3.63) is 128 Å². The second-order valence-corrected chi connectivity index (χ2v) is 28.3. The number of nitrogens with zero attached hydrogens (tertiary/aromatic N) is 14. The van der Waals surface area contributed by atoms with Crippen LogP contribution >= 0.6 is 0 Å². The predicted molar refractivity (Wildman–Crippen MR) is 397 cm³/mol. The monoisotopic (exact) mass is 1360 g/mol. The number of amides is 6. The second kappa shape index (κ2) is 31.1. The largest absolute Gasteiger partial charge is 0.444 e. The molecule has 9 heterocycles. The van der Waals surface area contributed by atoms with Crippen molar-refractivity contribution in [2.24, 2.45) is 0 Å². The van der Waals surface area contributed by atoms with Crippen molar-refractivity contribution in [3.63, 3.8) is 0 Å². The van der Waals surface area contributed by atoms with Gasteiger partial charge in [0, 0.05) is 160 Å². The lowest BCUT2D eigenvalue weighted by atomic mass is 10.1. The molecule has 0 aliphatic carbocycles. The Kier molecular flexibility index (Phi) is 22.2. The maximum atomic E-state index is 12.3. The first-order chi connectivity index (χ1) is 47.5. The van der Waals surface area contributed by atoms with Crippen molar-refractivity contribution in [3.8, 4) is 0 Å². The molecule has 12 rings (SSSR count). The summed E-state index contributed by atoms with van der Waals surface area (Å²) >= 11 is 0. The Morgan fingerprint density at radius 3 is 1.06 bits per heavy atom. The molecule has 29 heteroatoms. The number of rotatable bonds is 11. The van der Waals surface area contributed by atoms with E-state index in [0.717, 1.165) is 97.0 Å². The molecule has 6 amide bonds. The Morgan fingerprint density at radius 2 is 0.730 bits per heavy atom.